The summed E-state index contributed by atoms with van der Waals surface area (Å²) in [5.74, 6) is 2.20. The van der Waals surface area contributed by atoms with E-state index in [1.165, 1.54) is 0 Å². The van der Waals surface area contributed by atoms with Crippen LogP contribution in [0.5, 0.6) is 0 Å². The number of nitrogens with zero attached hydrogens (tertiary/aromatic N) is 2. The summed E-state index contributed by atoms with van der Waals surface area (Å²) in [6.45, 7) is 7.62. The monoisotopic (exact) mass is 252 g/mol. The Hall–Kier alpha value is -0.740. The number of hydrogen-bond donors (Lipinski definition) is 1. The summed E-state index contributed by atoms with van der Waals surface area (Å²) < 4.78 is 0. The smallest absolute Gasteiger partial charge is 0.129 e. The van der Waals surface area contributed by atoms with E-state index in [-0.39, 0.29) is 6.61 Å². The standard InChI is InChI=1S/C13H20N2OS/c1-9-12(8-16)4-5-13(14-9)15-6-7-17-11(3)10(15)2/h4-5,10-11,16H,6-8H2,1-3H3. The molecule has 1 aliphatic rings. The summed E-state index contributed by atoms with van der Waals surface area (Å²) in [6.07, 6.45) is 0. The second kappa shape index (κ2) is 5.27. The van der Waals surface area contributed by atoms with E-state index in [2.05, 4.69) is 23.7 Å². The Labute approximate surface area is 107 Å². The van der Waals surface area contributed by atoms with E-state index in [9.17, 15) is 0 Å². The molecule has 0 spiro atoms. The van der Waals surface area contributed by atoms with Crippen LogP contribution in [0.2, 0.25) is 0 Å². The molecule has 1 N–H and O–H groups in total. The molecular formula is C13H20N2OS. The quantitative estimate of drug-likeness (QED) is 0.875. The summed E-state index contributed by atoms with van der Waals surface area (Å²) in [4.78, 5) is 6.98. The highest BCUT2D eigenvalue weighted by Gasteiger charge is 2.26. The van der Waals surface area contributed by atoms with E-state index in [0.29, 0.717) is 11.3 Å². The Morgan fingerprint density at radius 3 is 2.88 bits per heavy atom. The van der Waals surface area contributed by atoms with Crippen LogP contribution in [-0.2, 0) is 6.61 Å². The first kappa shape index (κ1) is 12.7. The normalized spacial score (nSPS) is 25.1. The van der Waals surface area contributed by atoms with Gasteiger partial charge in [-0.1, -0.05) is 13.0 Å². The lowest BCUT2D eigenvalue weighted by atomic mass is 10.1. The first-order valence-corrected chi connectivity index (χ1v) is 7.14. The van der Waals surface area contributed by atoms with Gasteiger partial charge < -0.3 is 10.0 Å². The molecule has 0 aliphatic carbocycles. The third-order valence-corrected chi connectivity index (χ3v) is 4.87. The van der Waals surface area contributed by atoms with Crippen molar-refractivity contribution in [3.8, 4) is 0 Å². The minimum Gasteiger partial charge on any atom is -0.392 e. The van der Waals surface area contributed by atoms with E-state index in [0.717, 1.165) is 29.4 Å². The number of aromatic nitrogens is 1. The lowest BCUT2D eigenvalue weighted by Gasteiger charge is -2.38. The van der Waals surface area contributed by atoms with Gasteiger partial charge in [0, 0.05) is 29.3 Å². The van der Waals surface area contributed by atoms with Gasteiger partial charge in [-0.25, -0.2) is 4.98 Å². The highest BCUT2D eigenvalue weighted by molar-refractivity contribution is 8.00. The maximum Gasteiger partial charge on any atom is 0.129 e. The number of rotatable bonds is 2. The number of aliphatic hydroxyl groups excluding tert-OH is 1. The lowest BCUT2D eigenvalue weighted by molar-refractivity contribution is 0.280. The number of pyridine rings is 1. The zero-order chi connectivity index (χ0) is 12.4. The number of thioether (sulfide) groups is 1. The summed E-state index contributed by atoms with van der Waals surface area (Å²) in [6, 6.07) is 4.52. The molecule has 2 unspecified atom stereocenters. The van der Waals surface area contributed by atoms with Crippen LogP contribution in [0.3, 0.4) is 0 Å². The highest BCUT2D eigenvalue weighted by atomic mass is 32.2. The van der Waals surface area contributed by atoms with Crippen molar-refractivity contribution in [1.29, 1.82) is 0 Å². The van der Waals surface area contributed by atoms with Crippen LogP contribution in [0.4, 0.5) is 5.82 Å². The highest BCUT2D eigenvalue weighted by Crippen LogP contribution is 2.28. The number of anilines is 1. The van der Waals surface area contributed by atoms with Crippen molar-refractivity contribution < 1.29 is 5.11 Å². The predicted molar refractivity (Wildman–Crippen MR) is 73.6 cm³/mol. The number of aryl methyl sites for hydroxylation is 1. The van der Waals surface area contributed by atoms with Crippen LogP contribution in [0.1, 0.15) is 25.1 Å². The van der Waals surface area contributed by atoms with E-state index in [1.807, 2.05) is 30.8 Å². The van der Waals surface area contributed by atoms with Gasteiger partial charge in [0.15, 0.2) is 0 Å². The molecule has 2 atom stereocenters. The molecule has 1 aliphatic heterocycles. The van der Waals surface area contributed by atoms with Gasteiger partial charge in [-0.2, -0.15) is 11.8 Å². The van der Waals surface area contributed by atoms with Gasteiger partial charge in [-0.15, -0.1) is 0 Å². The fourth-order valence-electron chi connectivity index (χ4n) is 2.16. The molecule has 1 saturated heterocycles. The van der Waals surface area contributed by atoms with Gasteiger partial charge in [0.2, 0.25) is 0 Å². The molecule has 0 aromatic carbocycles. The summed E-state index contributed by atoms with van der Waals surface area (Å²) in [7, 11) is 0. The van der Waals surface area contributed by atoms with E-state index < -0.39 is 0 Å². The van der Waals surface area contributed by atoms with Crippen molar-refractivity contribution in [2.45, 2.75) is 38.7 Å². The Kier molecular flexibility index (Phi) is 3.94. The van der Waals surface area contributed by atoms with Crippen LogP contribution < -0.4 is 4.90 Å². The third-order valence-electron chi connectivity index (χ3n) is 3.53. The minimum absolute atomic E-state index is 0.0704. The molecule has 17 heavy (non-hydrogen) atoms. The van der Waals surface area contributed by atoms with E-state index >= 15 is 0 Å². The lowest BCUT2D eigenvalue weighted by Crippen LogP contribution is -2.45. The maximum atomic E-state index is 9.16. The average Bonchev–Trinajstić information content (AvgIpc) is 2.32. The molecule has 2 heterocycles. The van der Waals surface area contributed by atoms with Gasteiger partial charge >= 0.3 is 0 Å². The molecule has 0 amide bonds. The zero-order valence-electron chi connectivity index (χ0n) is 10.7. The summed E-state index contributed by atoms with van der Waals surface area (Å²) in [5, 5.41) is 9.80. The second-order valence-corrected chi connectivity index (χ2v) is 6.07. The Bertz CT molecular complexity index is 397. The van der Waals surface area contributed by atoms with Crippen molar-refractivity contribution in [3.05, 3.63) is 23.4 Å². The molecule has 3 nitrogen and oxygen atoms in total. The molecule has 1 fully saturated rings. The van der Waals surface area contributed by atoms with Gasteiger partial charge in [0.05, 0.1) is 6.61 Å². The minimum atomic E-state index is 0.0704. The van der Waals surface area contributed by atoms with Crippen LogP contribution in [0.25, 0.3) is 0 Å². The molecule has 94 valence electrons. The van der Waals surface area contributed by atoms with Crippen molar-refractivity contribution in [2.24, 2.45) is 0 Å². The van der Waals surface area contributed by atoms with Crippen LogP contribution in [0, 0.1) is 6.92 Å². The predicted octanol–water partition coefficient (Wildman–Crippen LogP) is 2.21. The summed E-state index contributed by atoms with van der Waals surface area (Å²) >= 11 is 2.03. The maximum absolute atomic E-state index is 9.16. The average molecular weight is 252 g/mol. The van der Waals surface area contributed by atoms with Crippen molar-refractivity contribution >= 4 is 17.6 Å². The molecular weight excluding hydrogens is 232 g/mol. The number of aliphatic hydroxyl groups is 1. The van der Waals surface area contributed by atoms with Crippen molar-refractivity contribution in [2.75, 3.05) is 17.2 Å². The Morgan fingerprint density at radius 2 is 2.24 bits per heavy atom. The fraction of sp³-hybridized carbons (Fsp3) is 0.615. The molecule has 0 bridgehead atoms. The van der Waals surface area contributed by atoms with Crippen molar-refractivity contribution in [3.63, 3.8) is 0 Å². The number of hydrogen-bond acceptors (Lipinski definition) is 4. The topological polar surface area (TPSA) is 36.4 Å². The Morgan fingerprint density at radius 1 is 1.47 bits per heavy atom. The molecule has 2 rings (SSSR count). The van der Waals surface area contributed by atoms with Crippen LogP contribution in [0.15, 0.2) is 12.1 Å². The fourth-order valence-corrected chi connectivity index (χ4v) is 3.26. The molecule has 0 saturated carbocycles. The van der Waals surface area contributed by atoms with Crippen LogP contribution in [-0.4, -0.2) is 33.7 Å². The summed E-state index contributed by atoms with van der Waals surface area (Å²) in [5.41, 5.74) is 1.85. The Balaban J connectivity index is 2.24. The zero-order valence-corrected chi connectivity index (χ0v) is 11.5. The third kappa shape index (κ3) is 2.58. The van der Waals surface area contributed by atoms with Gasteiger partial charge in [-0.3, -0.25) is 0 Å². The molecule has 1 aromatic heterocycles. The van der Waals surface area contributed by atoms with E-state index in [4.69, 9.17) is 5.11 Å². The van der Waals surface area contributed by atoms with Crippen LogP contribution >= 0.6 is 11.8 Å². The van der Waals surface area contributed by atoms with E-state index in [1.54, 1.807) is 0 Å². The largest absolute Gasteiger partial charge is 0.392 e. The second-order valence-electron chi connectivity index (χ2n) is 4.58. The molecule has 0 radical (unpaired) electrons. The van der Waals surface area contributed by atoms with Crippen molar-refractivity contribution in [1.82, 2.24) is 4.98 Å². The van der Waals surface area contributed by atoms with Gasteiger partial charge in [0.25, 0.3) is 0 Å². The molecule has 1 aromatic rings. The van der Waals surface area contributed by atoms with Gasteiger partial charge in [0.1, 0.15) is 5.82 Å². The molecule has 4 heteroatoms. The first-order chi connectivity index (χ1) is 8.13. The SMILES string of the molecule is Cc1nc(N2CCSC(C)C2C)ccc1CO. The van der Waals surface area contributed by atoms with Gasteiger partial charge in [-0.05, 0) is 25.5 Å². The first-order valence-electron chi connectivity index (χ1n) is 6.09.